The third-order valence-corrected chi connectivity index (χ3v) is 4.62. The average molecular weight is 365 g/mol. The first-order chi connectivity index (χ1) is 13.8. The van der Waals surface area contributed by atoms with Crippen molar-refractivity contribution >= 4 is 23.2 Å². The molecule has 4 heteroatoms. The second-order valence-corrected chi connectivity index (χ2v) is 6.46. The van der Waals surface area contributed by atoms with Gasteiger partial charge in [-0.05, 0) is 53.6 Å². The summed E-state index contributed by atoms with van der Waals surface area (Å²) in [6.07, 6.45) is 4.03. The monoisotopic (exact) mass is 365 g/mol. The van der Waals surface area contributed by atoms with Crippen molar-refractivity contribution in [2.75, 3.05) is 7.11 Å². The fraction of sp³-hybridized carbons (Fsp3) is 0.0833. The highest BCUT2D eigenvalue weighted by molar-refractivity contribution is 5.80. The summed E-state index contributed by atoms with van der Waals surface area (Å²) in [7, 11) is 1.68. The minimum absolute atomic E-state index is 0.655. The molecule has 3 aromatic carbocycles. The van der Waals surface area contributed by atoms with Crippen LogP contribution in [-0.4, -0.2) is 16.7 Å². The van der Waals surface area contributed by atoms with Gasteiger partial charge in [0.2, 0.25) is 0 Å². The van der Waals surface area contributed by atoms with Crippen molar-refractivity contribution in [3.63, 3.8) is 0 Å². The van der Waals surface area contributed by atoms with E-state index in [9.17, 15) is 0 Å². The zero-order valence-electron chi connectivity index (χ0n) is 15.5. The number of aromatic nitrogens is 2. The molecule has 0 saturated heterocycles. The van der Waals surface area contributed by atoms with Crippen molar-refractivity contribution < 1.29 is 4.74 Å². The number of hydrogen-bond acceptors (Lipinski definition) is 3. The lowest BCUT2D eigenvalue weighted by Crippen LogP contribution is -2.02. The maximum absolute atomic E-state index is 8.94. The summed E-state index contributed by atoms with van der Waals surface area (Å²) in [5, 5.41) is 8.94. The predicted octanol–water partition coefficient (Wildman–Crippen LogP) is 5.14. The molecule has 28 heavy (non-hydrogen) atoms. The quantitative estimate of drug-likeness (QED) is 0.492. The van der Waals surface area contributed by atoms with Crippen LogP contribution in [0.25, 0.3) is 23.2 Å². The summed E-state index contributed by atoms with van der Waals surface area (Å²) >= 11 is 0. The lowest BCUT2D eigenvalue weighted by atomic mass is 10.1. The van der Waals surface area contributed by atoms with Crippen molar-refractivity contribution in [2.24, 2.45) is 0 Å². The lowest BCUT2D eigenvalue weighted by molar-refractivity contribution is 0.414. The molecule has 1 heterocycles. The van der Waals surface area contributed by atoms with Gasteiger partial charge in [-0.2, -0.15) is 5.26 Å². The minimum Gasteiger partial charge on any atom is -0.497 e. The van der Waals surface area contributed by atoms with Gasteiger partial charge in [0.25, 0.3) is 0 Å². The maximum Gasteiger partial charge on any atom is 0.134 e. The van der Waals surface area contributed by atoms with Crippen molar-refractivity contribution in [1.82, 2.24) is 9.55 Å². The molecule has 0 atom stereocenters. The molecule has 0 unspecified atom stereocenters. The molecule has 0 saturated carbocycles. The molecule has 4 aromatic rings. The van der Waals surface area contributed by atoms with Crippen molar-refractivity contribution in [1.29, 1.82) is 5.26 Å². The molecule has 0 aliphatic rings. The van der Waals surface area contributed by atoms with E-state index >= 15 is 0 Å². The number of hydrogen-bond donors (Lipinski definition) is 0. The Morgan fingerprint density at radius 3 is 2.61 bits per heavy atom. The van der Waals surface area contributed by atoms with E-state index in [1.807, 2.05) is 72.8 Å². The Bertz CT molecular complexity index is 1180. The predicted molar refractivity (Wildman–Crippen MR) is 112 cm³/mol. The number of nitrogens with zero attached hydrogens (tertiary/aromatic N) is 3. The normalized spacial score (nSPS) is 11.0. The summed E-state index contributed by atoms with van der Waals surface area (Å²) in [5.41, 5.74) is 4.88. The highest BCUT2D eigenvalue weighted by Crippen LogP contribution is 2.21. The molecule has 0 aliphatic carbocycles. The van der Waals surface area contributed by atoms with E-state index in [4.69, 9.17) is 15.0 Å². The summed E-state index contributed by atoms with van der Waals surface area (Å²) in [4.78, 5) is 4.79. The molecule has 0 bridgehead atoms. The number of nitriles is 1. The molecule has 0 N–H and O–H groups in total. The number of rotatable bonds is 5. The topological polar surface area (TPSA) is 50.8 Å². The van der Waals surface area contributed by atoms with Gasteiger partial charge >= 0.3 is 0 Å². The SMILES string of the molecule is COc1cccc(Cn2c(/C=C/c3ccc(C#N)cc3)nc3ccccc32)c1. The number of para-hydroxylation sites is 2. The molecular weight excluding hydrogens is 346 g/mol. The summed E-state index contributed by atoms with van der Waals surface area (Å²) in [6.45, 7) is 0.699. The van der Waals surface area contributed by atoms with Crippen LogP contribution in [0.3, 0.4) is 0 Å². The Morgan fingerprint density at radius 1 is 1.00 bits per heavy atom. The van der Waals surface area contributed by atoms with Gasteiger partial charge in [-0.3, -0.25) is 0 Å². The fourth-order valence-corrected chi connectivity index (χ4v) is 3.18. The van der Waals surface area contributed by atoms with Crippen molar-refractivity contribution in [2.45, 2.75) is 6.54 Å². The third kappa shape index (κ3) is 3.65. The molecule has 0 spiro atoms. The molecule has 4 nitrogen and oxygen atoms in total. The molecule has 0 radical (unpaired) electrons. The zero-order valence-corrected chi connectivity index (χ0v) is 15.5. The first kappa shape index (κ1) is 17.6. The highest BCUT2D eigenvalue weighted by Gasteiger charge is 2.09. The van der Waals surface area contributed by atoms with Crippen LogP contribution in [0.1, 0.15) is 22.5 Å². The summed E-state index contributed by atoms with van der Waals surface area (Å²) in [6, 6.07) is 25.9. The summed E-state index contributed by atoms with van der Waals surface area (Å²) in [5.74, 6) is 1.73. The number of imidazole rings is 1. The van der Waals surface area contributed by atoms with Crippen molar-refractivity contribution in [3.8, 4) is 11.8 Å². The molecule has 0 fully saturated rings. The first-order valence-corrected chi connectivity index (χ1v) is 9.03. The number of methoxy groups -OCH3 is 1. The lowest BCUT2D eigenvalue weighted by Gasteiger charge is -2.09. The standard InChI is InChI=1S/C24H19N3O/c1-28-21-6-4-5-20(15-21)17-27-23-8-3-2-7-22(23)26-24(27)14-13-18-9-11-19(16-25)12-10-18/h2-15H,17H2,1H3/b14-13+. The summed E-state index contributed by atoms with van der Waals surface area (Å²) < 4.78 is 7.55. The molecule has 1 aromatic heterocycles. The van der Waals surface area contributed by atoms with Crippen LogP contribution >= 0.6 is 0 Å². The van der Waals surface area contributed by atoms with Gasteiger partial charge in [0, 0.05) is 6.54 Å². The zero-order chi connectivity index (χ0) is 19.3. The van der Waals surface area contributed by atoms with Crippen LogP contribution in [0.15, 0.2) is 72.8 Å². The van der Waals surface area contributed by atoms with Crippen LogP contribution in [0.4, 0.5) is 0 Å². The van der Waals surface area contributed by atoms with Crippen molar-refractivity contribution in [3.05, 3.63) is 95.3 Å². The molecule has 0 amide bonds. The number of fused-ring (bicyclic) bond motifs is 1. The molecule has 0 aliphatic heterocycles. The van der Waals surface area contributed by atoms with Crippen LogP contribution in [0, 0.1) is 11.3 Å². The Morgan fingerprint density at radius 2 is 1.82 bits per heavy atom. The van der Waals surface area contributed by atoms with Gasteiger partial charge in [-0.25, -0.2) is 4.98 Å². The van der Waals surface area contributed by atoms with Gasteiger partial charge in [-0.15, -0.1) is 0 Å². The smallest absolute Gasteiger partial charge is 0.134 e. The molecular formula is C24H19N3O. The maximum atomic E-state index is 8.94. The van der Waals surface area contributed by atoms with E-state index in [1.54, 1.807) is 7.11 Å². The van der Waals surface area contributed by atoms with Crippen LogP contribution in [-0.2, 0) is 6.54 Å². The first-order valence-electron chi connectivity index (χ1n) is 9.03. The second-order valence-electron chi connectivity index (χ2n) is 6.46. The Balaban J connectivity index is 1.72. The van der Waals surface area contributed by atoms with E-state index in [1.165, 1.54) is 0 Å². The van der Waals surface area contributed by atoms with Crippen LogP contribution in [0.5, 0.6) is 5.75 Å². The largest absolute Gasteiger partial charge is 0.497 e. The van der Waals surface area contributed by atoms with Gasteiger partial charge < -0.3 is 9.30 Å². The number of benzene rings is 3. The fourth-order valence-electron chi connectivity index (χ4n) is 3.18. The highest BCUT2D eigenvalue weighted by atomic mass is 16.5. The van der Waals surface area contributed by atoms with Gasteiger partial charge in [-0.1, -0.05) is 42.5 Å². The minimum atomic E-state index is 0.655. The number of ether oxygens (including phenoxy) is 1. The Labute approximate surface area is 164 Å². The van der Waals surface area contributed by atoms with Gasteiger partial charge in [0.1, 0.15) is 11.6 Å². The third-order valence-electron chi connectivity index (χ3n) is 4.62. The van der Waals surface area contributed by atoms with E-state index in [0.717, 1.165) is 33.7 Å². The molecule has 4 rings (SSSR count). The van der Waals surface area contributed by atoms with Crippen LogP contribution in [0.2, 0.25) is 0 Å². The van der Waals surface area contributed by atoms with E-state index in [2.05, 4.69) is 22.8 Å². The molecule has 136 valence electrons. The van der Waals surface area contributed by atoms with Crippen LogP contribution < -0.4 is 4.74 Å². The van der Waals surface area contributed by atoms with E-state index in [0.29, 0.717) is 12.1 Å². The Kier molecular flexibility index (Phi) is 4.90. The van der Waals surface area contributed by atoms with E-state index < -0.39 is 0 Å². The van der Waals surface area contributed by atoms with Gasteiger partial charge in [0.05, 0.1) is 29.8 Å². The Hall–Kier alpha value is -3.84. The van der Waals surface area contributed by atoms with Gasteiger partial charge in [0.15, 0.2) is 0 Å². The second kappa shape index (κ2) is 7.81. The van der Waals surface area contributed by atoms with E-state index in [-0.39, 0.29) is 0 Å². The average Bonchev–Trinajstić information content (AvgIpc) is 3.10.